The number of rotatable bonds is 6. The van der Waals surface area contributed by atoms with E-state index in [1.807, 2.05) is 6.92 Å². The van der Waals surface area contributed by atoms with Gasteiger partial charge in [0.05, 0.1) is 0 Å². The highest BCUT2D eigenvalue weighted by molar-refractivity contribution is 5.69. The highest BCUT2D eigenvalue weighted by Crippen LogP contribution is 2.00. The first-order valence-electron chi connectivity index (χ1n) is 6.58. The number of aromatic nitrogens is 4. The molecule has 0 aromatic carbocycles. The number of anilines is 1. The molecule has 0 saturated heterocycles. The number of pyridine rings is 1. The molecule has 2 N–H and O–H groups in total. The van der Waals surface area contributed by atoms with Gasteiger partial charge in [-0.15, -0.1) is 0 Å². The van der Waals surface area contributed by atoms with Gasteiger partial charge in [0.15, 0.2) is 12.4 Å². The van der Waals surface area contributed by atoms with Crippen molar-refractivity contribution >= 4 is 11.7 Å². The SMILES string of the molecule is CCCn1ncnc1COC(=O)Cn1cc(N)ccc1=O. The van der Waals surface area contributed by atoms with Crippen molar-refractivity contribution in [3.05, 3.63) is 40.8 Å². The summed E-state index contributed by atoms with van der Waals surface area (Å²) in [5.74, 6) is 0.0406. The molecule has 0 amide bonds. The summed E-state index contributed by atoms with van der Waals surface area (Å²) < 4.78 is 7.99. The van der Waals surface area contributed by atoms with E-state index in [2.05, 4.69) is 10.1 Å². The molecule has 112 valence electrons. The third-order valence-corrected chi connectivity index (χ3v) is 2.80. The fraction of sp³-hybridized carbons (Fsp3) is 0.385. The first-order valence-corrected chi connectivity index (χ1v) is 6.58. The fourth-order valence-corrected chi connectivity index (χ4v) is 1.80. The van der Waals surface area contributed by atoms with Crippen LogP contribution in [0.3, 0.4) is 0 Å². The summed E-state index contributed by atoms with van der Waals surface area (Å²) in [7, 11) is 0. The van der Waals surface area contributed by atoms with Crippen LogP contribution in [-0.4, -0.2) is 25.3 Å². The van der Waals surface area contributed by atoms with Gasteiger partial charge in [-0.3, -0.25) is 9.59 Å². The Hall–Kier alpha value is -2.64. The first kappa shape index (κ1) is 14.8. The zero-order chi connectivity index (χ0) is 15.2. The molecule has 0 spiro atoms. The quantitative estimate of drug-likeness (QED) is 0.761. The molecule has 0 radical (unpaired) electrons. The summed E-state index contributed by atoms with van der Waals surface area (Å²) in [5, 5.41) is 4.04. The van der Waals surface area contributed by atoms with E-state index in [0.29, 0.717) is 18.1 Å². The van der Waals surface area contributed by atoms with Crippen LogP contribution in [0.15, 0.2) is 29.5 Å². The van der Waals surface area contributed by atoms with Crippen molar-refractivity contribution in [2.24, 2.45) is 0 Å². The molecule has 8 nitrogen and oxygen atoms in total. The molecule has 2 aromatic rings. The molecule has 0 atom stereocenters. The highest BCUT2D eigenvalue weighted by Gasteiger charge is 2.09. The Labute approximate surface area is 121 Å². The van der Waals surface area contributed by atoms with Crippen molar-refractivity contribution in [1.82, 2.24) is 19.3 Å². The van der Waals surface area contributed by atoms with Gasteiger partial charge in [0.1, 0.15) is 12.9 Å². The molecule has 2 rings (SSSR count). The van der Waals surface area contributed by atoms with Crippen molar-refractivity contribution in [3.8, 4) is 0 Å². The molecule has 0 bridgehead atoms. The number of esters is 1. The summed E-state index contributed by atoms with van der Waals surface area (Å²) in [5.41, 5.74) is 5.67. The zero-order valence-corrected chi connectivity index (χ0v) is 11.7. The Morgan fingerprint density at radius 1 is 1.43 bits per heavy atom. The second kappa shape index (κ2) is 6.69. The van der Waals surface area contributed by atoms with Crippen LogP contribution in [0.1, 0.15) is 19.2 Å². The number of aryl methyl sites for hydroxylation is 1. The van der Waals surface area contributed by atoms with E-state index in [-0.39, 0.29) is 18.7 Å². The van der Waals surface area contributed by atoms with Crippen LogP contribution in [0.5, 0.6) is 0 Å². The lowest BCUT2D eigenvalue weighted by Gasteiger charge is -2.08. The van der Waals surface area contributed by atoms with E-state index in [4.69, 9.17) is 10.5 Å². The third-order valence-electron chi connectivity index (χ3n) is 2.80. The minimum Gasteiger partial charge on any atom is -0.456 e. The maximum Gasteiger partial charge on any atom is 0.326 e. The van der Waals surface area contributed by atoms with Crippen molar-refractivity contribution in [1.29, 1.82) is 0 Å². The fourth-order valence-electron chi connectivity index (χ4n) is 1.80. The summed E-state index contributed by atoms with van der Waals surface area (Å²) >= 11 is 0. The van der Waals surface area contributed by atoms with E-state index < -0.39 is 5.97 Å². The second-order valence-corrected chi connectivity index (χ2v) is 4.49. The van der Waals surface area contributed by atoms with E-state index in [9.17, 15) is 9.59 Å². The Bertz CT molecular complexity index is 676. The lowest BCUT2D eigenvalue weighted by atomic mass is 10.4. The molecule has 0 saturated carbocycles. The largest absolute Gasteiger partial charge is 0.456 e. The molecule has 21 heavy (non-hydrogen) atoms. The number of hydrogen-bond donors (Lipinski definition) is 1. The number of carbonyl (C=O) groups is 1. The second-order valence-electron chi connectivity index (χ2n) is 4.49. The van der Waals surface area contributed by atoms with Gasteiger partial charge in [0.25, 0.3) is 5.56 Å². The van der Waals surface area contributed by atoms with Gasteiger partial charge < -0.3 is 15.0 Å². The van der Waals surface area contributed by atoms with Crippen molar-refractivity contribution in [2.75, 3.05) is 5.73 Å². The van der Waals surface area contributed by atoms with Gasteiger partial charge in [-0.1, -0.05) is 6.92 Å². The van der Waals surface area contributed by atoms with E-state index >= 15 is 0 Å². The smallest absolute Gasteiger partial charge is 0.326 e. The lowest BCUT2D eigenvalue weighted by molar-refractivity contribution is -0.146. The summed E-state index contributed by atoms with van der Waals surface area (Å²) in [6, 6.07) is 2.79. The average molecular weight is 291 g/mol. The predicted octanol–water partition coefficient (Wildman–Crippen LogP) is 0.175. The lowest BCUT2D eigenvalue weighted by Crippen LogP contribution is -2.24. The van der Waals surface area contributed by atoms with Crippen LogP contribution in [0.4, 0.5) is 5.69 Å². The van der Waals surface area contributed by atoms with E-state index in [1.165, 1.54) is 29.2 Å². The maximum atomic E-state index is 11.8. The Kier molecular flexibility index (Phi) is 4.70. The van der Waals surface area contributed by atoms with E-state index in [0.717, 1.165) is 6.42 Å². The predicted molar refractivity (Wildman–Crippen MR) is 75.2 cm³/mol. The van der Waals surface area contributed by atoms with Crippen molar-refractivity contribution in [2.45, 2.75) is 33.0 Å². The van der Waals surface area contributed by atoms with Crippen molar-refractivity contribution < 1.29 is 9.53 Å². The Balaban J connectivity index is 1.94. The van der Waals surface area contributed by atoms with Crippen LogP contribution in [0.2, 0.25) is 0 Å². The number of carbonyl (C=O) groups excluding carboxylic acids is 1. The summed E-state index contributed by atoms with van der Waals surface area (Å²) in [4.78, 5) is 27.3. The minimum absolute atomic E-state index is 0.0237. The molecule has 0 aliphatic heterocycles. The standard InChI is InChI=1S/C13H17N5O3/c1-2-5-18-11(15-9-16-18)8-21-13(20)7-17-6-10(14)3-4-12(17)19/h3-4,6,9H,2,5,7-8,14H2,1H3. The summed E-state index contributed by atoms with van der Waals surface area (Å²) in [6.45, 7) is 2.56. The van der Waals surface area contributed by atoms with Gasteiger partial charge in [-0.05, 0) is 12.5 Å². The maximum absolute atomic E-state index is 11.8. The number of nitrogen functional groups attached to an aromatic ring is 1. The van der Waals surface area contributed by atoms with Crippen LogP contribution in [0, 0.1) is 0 Å². The normalized spacial score (nSPS) is 10.5. The molecule has 8 heteroatoms. The number of hydrogen-bond acceptors (Lipinski definition) is 6. The molecule has 0 aliphatic rings. The number of nitrogens with two attached hydrogens (primary N) is 1. The third kappa shape index (κ3) is 3.91. The monoisotopic (exact) mass is 291 g/mol. The van der Waals surface area contributed by atoms with Gasteiger partial charge in [-0.25, -0.2) is 9.67 Å². The molecule has 2 aromatic heterocycles. The van der Waals surface area contributed by atoms with Crippen LogP contribution >= 0.6 is 0 Å². The van der Waals surface area contributed by atoms with Crippen LogP contribution in [0.25, 0.3) is 0 Å². The molecule has 0 unspecified atom stereocenters. The highest BCUT2D eigenvalue weighted by atomic mass is 16.5. The number of nitrogens with zero attached hydrogens (tertiary/aromatic N) is 4. The Morgan fingerprint density at radius 3 is 3.00 bits per heavy atom. The zero-order valence-electron chi connectivity index (χ0n) is 11.7. The summed E-state index contributed by atoms with van der Waals surface area (Å²) in [6.07, 6.45) is 3.73. The topological polar surface area (TPSA) is 105 Å². The van der Waals surface area contributed by atoms with Gasteiger partial charge >= 0.3 is 5.97 Å². The average Bonchev–Trinajstić information content (AvgIpc) is 2.88. The molecular formula is C13H17N5O3. The van der Waals surface area contributed by atoms with Gasteiger partial charge in [0, 0.05) is 24.5 Å². The van der Waals surface area contributed by atoms with Gasteiger partial charge in [0.2, 0.25) is 0 Å². The first-order chi connectivity index (χ1) is 10.1. The molecule has 0 aliphatic carbocycles. The molecule has 0 fully saturated rings. The Morgan fingerprint density at radius 2 is 2.24 bits per heavy atom. The van der Waals surface area contributed by atoms with Crippen LogP contribution < -0.4 is 11.3 Å². The minimum atomic E-state index is -0.534. The molecule has 2 heterocycles. The van der Waals surface area contributed by atoms with Crippen LogP contribution in [-0.2, 0) is 29.2 Å². The molecular weight excluding hydrogens is 274 g/mol. The van der Waals surface area contributed by atoms with Crippen molar-refractivity contribution in [3.63, 3.8) is 0 Å². The van der Waals surface area contributed by atoms with E-state index in [1.54, 1.807) is 4.68 Å². The van der Waals surface area contributed by atoms with Gasteiger partial charge in [-0.2, -0.15) is 5.10 Å². The number of ether oxygens (including phenoxy) is 1.